The van der Waals surface area contributed by atoms with Gasteiger partial charge < -0.3 is 4.74 Å². The van der Waals surface area contributed by atoms with Gasteiger partial charge in [0.1, 0.15) is 16.9 Å². The maximum Gasteiger partial charge on any atom is 0.237 e. The number of nitriles is 1. The van der Waals surface area contributed by atoms with E-state index in [1.165, 1.54) is 0 Å². The topological polar surface area (TPSA) is 100 Å². The largest absolute Gasteiger partial charge is 0.497 e. The third-order valence-corrected chi connectivity index (χ3v) is 5.90. The molecule has 0 aromatic heterocycles. The summed E-state index contributed by atoms with van der Waals surface area (Å²) in [5, 5.41) is 29.6. The zero-order valence-electron chi connectivity index (χ0n) is 14.0. The Morgan fingerprint density at radius 2 is 1.81 bits per heavy atom. The van der Waals surface area contributed by atoms with E-state index in [9.17, 15) is 15.4 Å². The highest BCUT2D eigenvalue weighted by molar-refractivity contribution is 8.14. The van der Waals surface area contributed by atoms with E-state index in [1.807, 2.05) is 30.3 Å². The first kappa shape index (κ1) is 18.0. The minimum Gasteiger partial charge on any atom is -0.497 e. The van der Waals surface area contributed by atoms with Crippen molar-refractivity contribution < 1.29 is 9.66 Å². The number of hydrogen-bond donors (Lipinski definition) is 1. The smallest absolute Gasteiger partial charge is 0.237 e. The molecule has 0 amide bonds. The van der Waals surface area contributed by atoms with Gasteiger partial charge in [0.25, 0.3) is 0 Å². The second kappa shape index (κ2) is 7.58. The van der Waals surface area contributed by atoms with Gasteiger partial charge in [0.15, 0.2) is 0 Å². The van der Waals surface area contributed by atoms with Gasteiger partial charge in [-0.25, -0.2) is 0 Å². The summed E-state index contributed by atoms with van der Waals surface area (Å²) in [6.07, 6.45) is 0. The molecule has 1 saturated heterocycles. The van der Waals surface area contributed by atoms with Crippen LogP contribution >= 0.6 is 11.8 Å². The van der Waals surface area contributed by atoms with Crippen molar-refractivity contribution in [1.82, 2.24) is 0 Å². The van der Waals surface area contributed by atoms with Crippen molar-refractivity contribution in [2.45, 2.75) is 17.2 Å². The zero-order chi connectivity index (χ0) is 18.7. The molecule has 7 heteroatoms. The van der Waals surface area contributed by atoms with Crippen molar-refractivity contribution in [3.63, 3.8) is 0 Å². The summed E-state index contributed by atoms with van der Waals surface area (Å²) >= 11 is 1.11. The van der Waals surface area contributed by atoms with Crippen LogP contribution in [0.15, 0.2) is 54.6 Å². The van der Waals surface area contributed by atoms with E-state index >= 15 is 0 Å². The summed E-state index contributed by atoms with van der Waals surface area (Å²) < 4.78 is 5.15. The van der Waals surface area contributed by atoms with Gasteiger partial charge in [-0.3, -0.25) is 15.5 Å². The molecule has 0 bridgehead atoms. The fraction of sp³-hybridized carbons (Fsp3) is 0.263. The Morgan fingerprint density at radius 1 is 1.15 bits per heavy atom. The maximum absolute atomic E-state index is 12.0. The van der Waals surface area contributed by atoms with Gasteiger partial charge in [-0.2, -0.15) is 5.26 Å². The molecule has 6 nitrogen and oxygen atoms in total. The third kappa shape index (κ3) is 3.28. The Bertz CT molecular complexity index is 849. The molecule has 2 aromatic carbocycles. The van der Waals surface area contributed by atoms with Crippen LogP contribution in [-0.2, 0) is 0 Å². The van der Waals surface area contributed by atoms with Gasteiger partial charge in [-0.05, 0) is 23.3 Å². The predicted molar refractivity (Wildman–Crippen MR) is 100 cm³/mol. The van der Waals surface area contributed by atoms with Crippen LogP contribution in [0.1, 0.15) is 22.3 Å². The molecule has 1 N–H and O–H groups in total. The zero-order valence-corrected chi connectivity index (χ0v) is 14.8. The molecule has 1 unspecified atom stereocenters. The second-order valence-corrected chi connectivity index (χ2v) is 7.18. The quantitative estimate of drug-likeness (QED) is 0.649. The van der Waals surface area contributed by atoms with E-state index < -0.39 is 23.1 Å². The minimum atomic E-state index is -1.01. The lowest BCUT2D eigenvalue weighted by atomic mass is 9.78. The maximum atomic E-state index is 12.0. The van der Waals surface area contributed by atoms with Gasteiger partial charge in [-0.1, -0.05) is 54.2 Å². The molecule has 2 aromatic rings. The summed E-state index contributed by atoms with van der Waals surface area (Å²) in [5.74, 6) is -0.900. The summed E-state index contributed by atoms with van der Waals surface area (Å²) in [5.41, 5.74) is 1.46. The highest BCUT2D eigenvalue weighted by Crippen LogP contribution is 2.50. The molecule has 1 fully saturated rings. The molecule has 26 heavy (non-hydrogen) atoms. The number of ether oxygens (including phenoxy) is 1. The van der Waals surface area contributed by atoms with E-state index in [0.717, 1.165) is 17.3 Å². The molecule has 0 saturated carbocycles. The standard InChI is InChI=1S/C19H17N3O3S/c1-25-14-9-7-12(8-10-14)16-15(11-20)19(21)26-18(17(16)22(23)24)13-5-3-2-4-6-13/h2-10,15-18,21H,1H3/t15?,16-,17-,18+/m1/s1. The van der Waals surface area contributed by atoms with Crippen molar-refractivity contribution in [3.8, 4) is 11.8 Å². The number of thioether (sulfide) groups is 1. The van der Waals surface area contributed by atoms with E-state index in [0.29, 0.717) is 11.3 Å². The molecule has 132 valence electrons. The molecular formula is C19H17N3O3S. The minimum absolute atomic E-state index is 0.167. The Balaban J connectivity index is 2.10. The molecule has 0 radical (unpaired) electrons. The Morgan fingerprint density at radius 3 is 2.35 bits per heavy atom. The number of hydrogen-bond acceptors (Lipinski definition) is 6. The fourth-order valence-electron chi connectivity index (χ4n) is 3.33. The van der Waals surface area contributed by atoms with Gasteiger partial charge in [0, 0.05) is 4.92 Å². The van der Waals surface area contributed by atoms with Gasteiger partial charge in [-0.15, -0.1) is 0 Å². The molecule has 1 heterocycles. The number of nitro groups is 1. The van der Waals surface area contributed by atoms with Gasteiger partial charge >= 0.3 is 0 Å². The number of rotatable bonds is 4. The lowest BCUT2D eigenvalue weighted by molar-refractivity contribution is -0.528. The summed E-state index contributed by atoms with van der Waals surface area (Å²) in [4.78, 5) is 11.7. The van der Waals surface area contributed by atoms with Crippen LogP contribution in [0, 0.1) is 32.8 Å². The van der Waals surface area contributed by atoms with Crippen molar-refractivity contribution in [2.75, 3.05) is 7.11 Å². The van der Waals surface area contributed by atoms with Crippen molar-refractivity contribution in [3.05, 3.63) is 75.8 Å². The number of nitrogens with zero attached hydrogens (tertiary/aromatic N) is 2. The van der Waals surface area contributed by atoms with Crippen LogP contribution in [0.4, 0.5) is 0 Å². The average molecular weight is 367 g/mol. The van der Waals surface area contributed by atoms with Crippen molar-refractivity contribution >= 4 is 16.8 Å². The Kier molecular flexibility index (Phi) is 5.24. The van der Waals surface area contributed by atoms with E-state index in [4.69, 9.17) is 10.1 Å². The molecular weight excluding hydrogens is 350 g/mol. The third-order valence-electron chi connectivity index (χ3n) is 4.58. The van der Waals surface area contributed by atoms with Crippen LogP contribution in [0.3, 0.4) is 0 Å². The Labute approximate surface area is 155 Å². The SMILES string of the molecule is COc1ccc([C@@H]2C(C#N)C(=N)S[C@@H](c3ccccc3)[C@@H]2[N+](=O)[O-])cc1. The highest BCUT2D eigenvalue weighted by Gasteiger charge is 2.51. The van der Waals surface area contributed by atoms with Crippen LogP contribution < -0.4 is 4.74 Å². The molecule has 0 spiro atoms. The average Bonchev–Trinajstić information content (AvgIpc) is 2.67. The fourth-order valence-corrected chi connectivity index (χ4v) is 4.65. The molecule has 1 aliphatic heterocycles. The normalized spacial score (nSPS) is 25.3. The molecule has 0 aliphatic carbocycles. The monoisotopic (exact) mass is 367 g/mol. The Hall–Kier alpha value is -2.85. The van der Waals surface area contributed by atoms with Gasteiger partial charge in [0.2, 0.25) is 6.04 Å². The molecule has 4 atom stereocenters. The number of nitrogens with one attached hydrogen (secondary N) is 1. The lowest BCUT2D eigenvalue weighted by Crippen LogP contribution is -2.42. The van der Waals surface area contributed by atoms with Crippen molar-refractivity contribution in [1.29, 1.82) is 10.7 Å². The predicted octanol–water partition coefficient (Wildman–Crippen LogP) is 4.03. The van der Waals surface area contributed by atoms with Crippen LogP contribution in [0.25, 0.3) is 0 Å². The van der Waals surface area contributed by atoms with Crippen LogP contribution in [-0.4, -0.2) is 23.1 Å². The molecule has 1 aliphatic rings. The number of benzene rings is 2. The van der Waals surface area contributed by atoms with E-state index in [2.05, 4.69) is 6.07 Å². The summed E-state index contributed by atoms with van der Waals surface area (Å²) in [6.45, 7) is 0. The second-order valence-electron chi connectivity index (χ2n) is 6.00. The first-order valence-electron chi connectivity index (χ1n) is 8.04. The van der Waals surface area contributed by atoms with Gasteiger partial charge in [0.05, 0.1) is 24.1 Å². The van der Waals surface area contributed by atoms with E-state index in [1.54, 1.807) is 31.4 Å². The summed E-state index contributed by atoms with van der Waals surface area (Å²) in [6, 6.07) is 17.2. The number of methoxy groups -OCH3 is 1. The van der Waals surface area contributed by atoms with Crippen molar-refractivity contribution in [2.24, 2.45) is 5.92 Å². The highest BCUT2D eigenvalue weighted by atomic mass is 32.2. The summed E-state index contributed by atoms with van der Waals surface area (Å²) in [7, 11) is 1.55. The van der Waals surface area contributed by atoms with Crippen LogP contribution in [0.5, 0.6) is 5.75 Å². The molecule has 3 rings (SSSR count). The van der Waals surface area contributed by atoms with E-state index in [-0.39, 0.29) is 9.97 Å². The lowest BCUT2D eigenvalue weighted by Gasteiger charge is -2.35. The first-order valence-corrected chi connectivity index (χ1v) is 8.92. The first-order chi connectivity index (χ1) is 12.6. The van der Waals surface area contributed by atoms with Crippen LogP contribution in [0.2, 0.25) is 0 Å².